The molecule has 0 bridgehead atoms. The van der Waals surface area contributed by atoms with Crippen molar-refractivity contribution in [1.82, 2.24) is 20.2 Å². The molecular weight excluding hydrogens is 578 g/mol. The van der Waals surface area contributed by atoms with Gasteiger partial charge in [0.2, 0.25) is 0 Å². The summed E-state index contributed by atoms with van der Waals surface area (Å²) in [6, 6.07) is 15.6. The Balaban J connectivity index is 1.06. The summed E-state index contributed by atoms with van der Waals surface area (Å²) in [5.41, 5.74) is 8.47. The quantitative estimate of drug-likeness (QED) is 0.247. The summed E-state index contributed by atoms with van der Waals surface area (Å²) < 4.78 is 17.6. The monoisotopic (exact) mass is 619 g/mol. The standard InChI is InChI=1S/C37H41N5O4/c1-37(2,3)46-36(43)42-18-21(19-44-4)12-33(42)35-39-17-32(41-35)23-7-9-25-24(13-23)20-45-34-16-26-22(14-28(25)34)8-10-29-27(26)15-31(40-29)30-6-5-11-38-30/h7-10,13-14,16-17,21,30,33,38H,5-6,11-12,15,18-20H2,1-4H3,(H,39,41)/t21-,30-,33-/m0/s1. The number of ether oxygens (including phenoxy) is 3. The third kappa shape index (κ3) is 5.25. The molecule has 46 heavy (non-hydrogen) atoms. The lowest BCUT2D eigenvalue weighted by atomic mass is 9.91. The molecule has 4 aliphatic heterocycles. The SMILES string of the molecule is COC[C@H]1C[C@@H](c2ncc(-c3ccc4c(c3)COc3cc5c6c(ccc5cc3-4)N=C([C@@H]3CCCN3)C6)[nH]2)N(C(=O)OC(C)(C)C)C1. The van der Waals surface area contributed by atoms with Gasteiger partial charge in [-0.3, -0.25) is 9.89 Å². The number of imidazole rings is 1. The molecule has 9 heteroatoms. The highest BCUT2D eigenvalue weighted by atomic mass is 16.6. The van der Waals surface area contributed by atoms with Gasteiger partial charge in [0.15, 0.2) is 0 Å². The van der Waals surface area contributed by atoms with Crippen LogP contribution in [-0.2, 0) is 22.5 Å². The summed E-state index contributed by atoms with van der Waals surface area (Å²) in [5, 5.41) is 6.05. The second-order valence-electron chi connectivity index (χ2n) is 14.1. The van der Waals surface area contributed by atoms with Gasteiger partial charge in [0.25, 0.3) is 0 Å². The maximum Gasteiger partial charge on any atom is 0.410 e. The van der Waals surface area contributed by atoms with Crippen LogP contribution in [0.1, 0.15) is 63.0 Å². The van der Waals surface area contributed by atoms with E-state index in [4.69, 9.17) is 24.2 Å². The first-order valence-electron chi connectivity index (χ1n) is 16.4. The Hall–Kier alpha value is -4.21. The number of aromatic amines is 1. The molecule has 5 heterocycles. The Morgan fingerprint density at radius 1 is 1.13 bits per heavy atom. The lowest BCUT2D eigenvalue weighted by molar-refractivity contribution is 0.0208. The normalized spacial score (nSPS) is 22.0. The van der Waals surface area contributed by atoms with Crippen molar-refractivity contribution in [2.75, 3.05) is 26.8 Å². The largest absolute Gasteiger partial charge is 0.488 e. The van der Waals surface area contributed by atoms with Gasteiger partial charge in [-0.25, -0.2) is 9.78 Å². The van der Waals surface area contributed by atoms with Gasteiger partial charge in [-0.05, 0) is 104 Å². The van der Waals surface area contributed by atoms with Crippen LogP contribution in [0.25, 0.3) is 33.2 Å². The van der Waals surface area contributed by atoms with Crippen LogP contribution in [0.5, 0.6) is 5.75 Å². The number of amides is 1. The van der Waals surface area contributed by atoms with Crippen LogP contribution < -0.4 is 10.1 Å². The number of fused-ring (bicyclic) bond motifs is 6. The molecule has 0 saturated carbocycles. The van der Waals surface area contributed by atoms with Crippen LogP contribution in [-0.4, -0.2) is 65.1 Å². The van der Waals surface area contributed by atoms with Crippen LogP contribution in [0.4, 0.5) is 10.5 Å². The number of carbonyl (C=O) groups is 1. The van der Waals surface area contributed by atoms with E-state index in [1.54, 1.807) is 12.0 Å². The molecule has 1 amide bonds. The van der Waals surface area contributed by atoms with Gasteiger partial charge in [0.1, 0.15) is 23.8 Å². The van der Waals surface area contributed by atoms with Crippen molar-refractivity contribution in [3.63, 3.8) is 0 Å². The zero-order valence-electron chi connectivity index (χ0n) is 27.0. The highest BCUT2D eigenvalue weighted by Gasteiger charge is 2.40. The average molecular weight is 620 g/mol. The second kappa shape index (κ2) is 11.2. The molecule has 4 aromatic rings. The number of aliphatic imine (C=N–C) groups is 1. The van der Waals surface area contributed by atoms with Crippen molar-refractivity contribution in [3.05, 3.63) is 65.6 Å². The zero-order valence-corrected chi connectivity index (χ0v) is 27.0. The van der Waals surface area contributed by atoms with E-state index in [1.807, 2.05) is 27.0 Å². The number of benzene rings is 3. The summed E-state index contributed by atoms with van der Waals surface area (Å²) in [4.78, 5) is 28.2. The van der Waals surface area contributed by atoms with E-state index in [0.29, 0.717) is 25.8 Å². The first-order chi connectivity index (χ1) is 22.2. The van der Waals surface area contributed by atoms with Crippen molar-refractivity contribution in [1.29, 1.82) is 0 Å². The number of methoxy groups -OCH3 is 1. The third-order valence-electron chi connectivity index (χ3n) is 9.71. The Morgan fingerprint density at radius 2 is 2.02 bits per heavy atom. The Labute approximate surface area is 269 Å². The van der Waals surface area contributed by atoms with Gasteiger partial charge in [-0.2, -0.15) is 0 Å². The molecular formula is C37H41N5O4. The lowest BCUT2D eigenvalue weighted by Gasteiger charge is -2.27. The van der Waals surface area contributed by atoms with E-state index in [0.717, 1.165) is 59.0 Å². The predicted molar refractivity (Wildman–Crippen MR) is 179 cm³/mol. The smallest absolute Gasteiger partial charge is 0.410 e. The van der Waals surface area contributed by atoms with Gasteiger partial charge in [0.05, 0.1) is 30.2 Å². The maximum absolute atomic E-state index is 13.1. The number of likely N-dealkylation sites (tertiary alicyclic amines) is 1. The van der Waals surface area contributed by atoms with E-state index >= 15 is 0 Å². The van der Waals surface area contributed by atoms with Gasteiger partial charge < -0.3 is 24.5 Å². The lowest BCUT2D eigenvalue weighted by Crippen LogP contribution is -2.37. The number of rotatable bonds is 5. The van der Waals surface area contributed by atoms with Crippen molar-refractivity contribution in [2.45, 2.75) is 70.7 Å². The van der Waals surface area contributed by atoms with E-state index in [9.17, 15) is 4.79 Å². The molecule has 8 rings (SSSR count). The number of hydrogen-bond donors (Lipinski definition) is 2. The van der Waals surface area contributed by atoms with Crippen molar-refractivity contribution in [2.24, 2.45) is 10.9 Å². The Bertz CT molecular complexity index is 1870. The van der Waals surface area contributed by atoms with Crippen molar-refractivity contribution in [3.8, 4) is 28.1 Å². The van der Waals surface area contributed by atoms with Crippen molar-refractivity contribution >= 4 is 28.3 Å². The molecule has 3 aromatic carbocycles. The molecule has 0 aliphatic carbocycles. The molecule has 238 valence electrons. The highest BCUT2D eigenvalue weighted by Crippen LogP contribution is 2.44. The fraction of sp³-hybridized carbons (Fsp3) is 0.432. The molecule has 2 N–H and O–H groups in total. The summed E-state index contributed by atoms with van der Waals surface area (Å²) in [7, 11) is 1.70. The van der Waals surface area contributed by atoms with Gasteiger partial charge in [-0.1, -0.05) is 18.2 Å². The highest BCUT2D eigenvalue weighted by molar-refractivity contribution is 6.05. The molecule has 4 aliphatic rings. The minimum absolute atomic E-state index is 0.206. The minimum Gasteiger partial charge on any atom is -0.488 e. The van der Waals surface area contributed by atoms with Crippen LogP contribution in [0, 0.1) is 5.92 Å². The molecule has 0 radical (unpaired) electrons. The Morgan fingerprint density at radius 3 is 2.83 bits per heavy atom. The molecule has 0 unspecified atom stereocenters. The van der Waals surface area contributed by atoms with Gasteiger partial charge >= 0.3 is 6.09 Å². The Kier molecular flexibility index (Phi) is 7.14. The van der Waals surface area contributed by atoms with Gasteiger partial charge in [0, 0.05) is 43.3 Å². The molecule has 0 spiro atoms. The number of carbonyl (C=O) groups excluding carboxylic acids is 1. The van der Waals surface area contributed by atoms with Crippen LogP contribution in [0.2, 0.25) is 0 Å². The fourth-order valence-corrected chi connectivity index (χ4v) is 7.58. The topological polar surface area (TPSA) is 101 Å². The molecule has 2 fully saturated rings. The molecule has 9 nitrogen and oxygen atoms in total. The first kappa shape index (κ1) is 29.2. The number of aromatic nitrogens is 2. The molecule has 1 aromatic heterocycles. The summed E-state index contributed by atoms with van der Waals surface area (Å²) in [6.07, 6.45) is 5.58. The van der Waals surface area contributed by atoms with Crippen LogP contribution >= 0.6 is 0 Å². The van der Waals surface area contributed by atoms with Crippen molar-refractivity contribution < 1.29 is 19.0 Å². The zero-order chi connectivity index (χ0) is 31.6. The average Bonchev–Trinajstić information content (AvgIpc) is 3.85. The van der Waals surface area contributed by atoms with E-state index in [-0.39, 0.29) is 18.1 Å². The van der Waals surface area contributed by atoms with E-state index < -0.39 is 5.60 Å². The summed E-state index contributed by atoms with van der Waals surface area (Å²) in [5.74, 6) is 1.90. The first-order valence-corrected chi connectivity index (χ1v) is 16.4. The third-order valence-corrected chi connectivity index (χ3v) is 9.71. The number of nitrogens with one attached hydrogen (secondary N) is 2. The predicted octanol–water partition coefficient (Wildman–Crippen LogP) is 7.11. The maximum atomic E-state index is 13.1. The number of hydrogen-bond acceptors (Lipinski definition) is 7. The second-order valence-corrected chi connectivity index (χ2v) is 14.1. The minimum atomic E-state index is -0.573. The van der Waals surface area contributed by atoms with Gasteiger partial charge in [-0.15, -0.1) is 0 Å². The van der Waals surface area contributed by atoms with E-state index in [2.05, 4.69) is 52.8 Å². The number of nitrogens with zero attached hydrogens (tertiary/aromatic N) is 3. The summed E-state index contributed by atoms with van der Waals surface area (Å²) in [6.45, 7) is 8.40. The fourth-order valence-electron chi connectivity index (χ4n) is 7.58. The van der Waals surface area contributed by atoms with E-state index in [1.165, 1.54) is 40.5 Å². The summed E-state index contributed by atoms with van der Waals surface area (Å²) >= 11 is 0. The van der Waals surface area contributed by atoms with Crippen LogP contribution in [0.3, 0.4) is 0 Å². The van der Waals surface area contributed by atoms with Crippen LogP contribution in [0.15, 0.2) is 53.7 Å². The molecule has 3 atom stereocenters. The number of H-pyrrole nitrogens is 1. The molecule has 2 saturated heterocycles.